The lowest BCUT2D eigenvalue weighted by atomic mass is 9.74. The van der Waals surface area contributed by atoms with Gasteiger partial charge in [0.05, 0.1) is 13.2 Å². The fourth-order valence-electron chi connectivity index (χ4n) is 3.01. The molecule has 0 bridgehead atoms. The molecule has 1 heterocycles. The number of hydrogen-bond donors (Lipinski definition) is 2. The molecule has 0 aromatic heterocycles. The Morgan fingerprint density at radius 1 is 1.29 bits per heavy atom. The molecule has 0 amide bonds. The minimum absolute atomic E-state index is 0.0692. The average molecular weight is 354 g/mol. The van der Waals surface area contributed by atoms with Gasteiger partial charge in [-0.15, -0.1) is 0 Å². The molecule has 1 aliphatic rings. The van der Waals surface area contributed by atoms with Crippen LogP contribution >= 0.6 is 11.6 Å². The molecule has 0 spiro atoms. The molecule has 1 aliphatic heterocycles. The minimum Gasteiger partial charge on any atom is -0.383 e. The molecule has 0 saturated carbocycles. The van der Waals surface area contributed by atoms with Crippen LogP contribution in [0.25, 0.3) is 0 Å². The Balaban J connectivity index is 2.18. The second-order valence-corrected chi connectivity index (χ2v) is 6.39. The first-order chi connectivity index (χ1) is 11.7. The van der Waals surface area contributed by atoms with Crippen molar-refractivity contribution in [3.63, 3.8) is 0 Å². The third-order valence-corrected chi connectivity index (χ3v) is 4.71. The summed E-state index contributed by atoms with van der Waals surface area (Å²) in [5.74, 6) is 0.812. The quantitative estimate of drug-likeness (QED) is 0.449. The van der Waals surface area contributed by atoms with Gasteiger partial charge in [0.15, 0.2) is 5.96 Å². The van der Waals surface area contributed by atoms with E-state index in [1.54, 1.807) is 7.11 Å². The molecule has 1 fully saturated rings. The molecule has 6 heteroatoms. The van der Waals surface area contributed by atoms with Gasteiger partial charge in [-0.3, -0.25) is 4.99 Å². The molecule has 1 saturated heterocycles. The van der Waals surface area contributed by atoms with Crippen LogP contribution in [0.15, 0.2) is 29.3 Å². The van der Waals surface area contributed by atoms with Crippen molar-refractivity contribution in [1.29, 1.82) is 0 Å². The van der Waals surface area contributed by atoms with E-state index in [1.807, 2.05) is 18.2 Å². The fraction of sp³-hybridized carbons (Fsp3) is 0.611. The molecular weight excluding hydrogens is 326 g/mol. The fourth-order valence-corrected chi connectivity index (χ4v) is 3.35. The van der Waals surface area contributed by atoms with E-state index >= 15 is 0 Å². The predicted octanol–water partition coefficient (Wildman–Crippen LogP) is 2.59. The molecular formula is C18H28ClN3O2. The molecule has 24 heavy (non-hydrogen) atoms. The molecule has 0 unspecified atom stereocenters. The highest BCUT2D eigenvalue weighted by Crippen LogP contribution is 2.38. The minimum atomic E-state index is -0.0692. The Morgan fingerprint density at radius 2 is 2.04 bits per heavy atom. The van der Waals surface area contributed by atoms with E-state index < -0.39 is 0 Å². The zero-order valence-electron chi connectivity index (χ0n) is 14.6. The van der Waals surface area contributed by atoms with Crippen molar-refractivity contribution >= 4 is 17.6 Å². The smallest absolute Gasteiger partial charge is 0.191 e. The number of rotatable bonds is 7. The van der Waals surface area contributed by atoms with E-state index in [4.69, 9.17) is 26.1 Å². The van der Waals surface area contributed by atoms with Crippen molar-refractivity contribution in [3.05, 3.63) is 34.9 Å². The standard InChI is InChI=1S/C18H28ClN3O2/c1-3-20-17(21-10-13-23-2)22-14-18(8-11-24-12-9-18)15-6-4-5-7-16(15)19/h4-7H,3,8-14H2,1-2H3,(H2,20,21,22). The molecule has 1 aromatic carbocycles. The number of hydrogen-bond acceptors (Lipinski definition) is 3. The lowest BCUT2D eigenvalue weighted by Gasteiger charge is -2.37. The van der Waals surface area contributed by atoms with Crippen LogP contribution in [0.4, 0.5) is 0 Å². The van der Waals surface area contributed by atoms with Crippen LogP contribution in [-0.2, 0) is 14.9 Å². The summed E-state index contributed by atoms with van der Waals surface area (Å²) in [7, 11) is 1.69. The van der Waals surface area contributed by atoms with Crippen molar-refractivity contribution < 1.29 is 9.47 Å². The highest BCUT2D eigenvalue weighted by Gasteiger charge is 2.36. The summed E-state index contributed by atoms with van der Waals surface area (Å²) in [6.07, 6.45) is 1.86. The summed E-state index contributed by atoms with van der Waals surface area (Å²) >= 11 is 6.49. The normalized spacial score (nSPS) is 17.5. The molecule has 1 aromatic rings. The molecule has 2 N–H and O–H groups in total. The van der Waals surface area contributed by atoms with Gasteiger partial charge >= 0.3 is 0 Å². The van der Waals surface area contributed by atoms with E-state index in [1.165, 1.54) is 5.56 Å². The second-order valence-electron chi connectivity index (χ2n) is 5.99. The van der Waals surface area contributed by atoms with Crippen LogP contribution in [0.2, 0.25) is 5.02 Å². The van der Waals surface area contributed by atoms with Crippen LogP contribution < -0.4 is 10.6 Å². The Morgan fingerprint density at radius 3 is 2.71 bits per heavy atom. The molecule has 134 valence electrons. The maximum absolute atomic E-state index is 6.49. The molecule has 0 radical (unpaired) electrons. The number of benzene rings is 1. The summed E-state index contributed by atoms with van der Waals surface area (Å²) < 4.78 is 10.7. The molecule has 5 nitrogen and oxygen atoms in total. The summed E-state index contributed by atoms with van der Waals surface area (Å²) in [4.78, 5) is 4.82. The maximum atomic E-state index is 6.49. The van der Waals surface area contributed by atoms with Gasteiger partial charge in [0.2, 0.25) is 0 Å². The predicted molar refractivity (Wildman–Crippen MR) is 99.0 cm³/mol. The highest BCUT2D eigenvalue weighted by atomic mass is 35.5. The highest BCUT2D eigenvalue weighted by molar-refractivity contribution is 6.31. The van der Waals surface area contributed by atoms with Gasteiger partial charge in [-0.2, -0.15) is 0 Å². The third kappa shape index (κ3) is 5.10. The van der Waals surface area contributed by atoms with Crippen molar-refractivity contribution in [2.45, 2.75) is 25.2 Å². The van der Waals surface area contributed by atoms with Crippen molar-refractivity contribution in [3.8, 4) is 0 Å². The van der Waals surface area contributed by atoms with Gasteiger partial charge in [-0.1, -0.05) is 29.8 Å². The Labute approximate surface area is 149 Å². The number of guanidine groups is 1. The van der Waals surface area contributed by atoms with Gasteiger partial charge in [-0.05, 0) is 31.4 Å². The molecule has 2 rings (SSSR count). The first-order valence-electron chi connectivity index (χ1n) is 8.56. The number of aliphatic imine (C=N–C) groups is 1. The van der Waals surface area contributed by atoms with Crippen LogP contribution in [-0.4, -0.2) is 52.5 Å². The maximum Gasteiger partial charge on any atom is 0.191 e. The number of methoxy groups -OCH3 is 1. The Hall–Kier alpha value is -1.30. The third-order valence-electron chi connectivity index (χ3n) is 4.38. The van der Waals surface area contributed by atoms with E-state index in [0.717, 1.165) is 50.1 Å². The van der Waals surface area contributed by atoms with Gasteiger partial charge in [0, 0.05) is 43.9 Å². The zero-order valence-corrected chi connectivity index (χ0v) is 15.4. The summed E-state index contributed by atoms with van der Waals surface area (Å²) in [5.41, 5.74) is 1.10. The SMILES string of the molecule is CCNC(=NCC1(c2ccccc2Cl)CCOCC1)NCCOC. The van der Waals surface area contributed by atoms with Crippen molar-refractivity contribution in [2.75, 3.05) is 46.6 Å². The van der Waals surface area contributed by atoms with Crippen LogP contribution in [0.1, 0.15) is 25.3 Å². The molecule has 0 atom stereocenters. The van der Waals surface area contributed by atoms with Crippen LogP contribution in [0.3, 0.4) is 0 Å². The topological polar surface area (TPSA) is 54.9 Å². The number of halogens is 1. The number of nitrogens with zero attached hydrogens (tertiary/aromatic N) is 1. The average Bonchev–Trinajstić information content (AvgIpc) is 2.61. The van der Waals surface area contributed by atoms with Crippen molar-refractivity contribution in [1.82, 2.24) is 10.6 Å². The monoisotopic (exact) mass is 353 g/mol. The van der Waals surface area contributed by atoms with Gasteiger partial charge in [0.25, 0.3) is 0 Å². The summed E-state index contributed by atoms with van der Waals surface area (Å²) in [6.45, 7) is 6.43. The zero-order chi connectivity index (χ0) is 17.3. The van der Waals surface area contributed by atoms with Crippen molar-refractivity contribution in [2.24, 2.45) is 4.99 Å². The lowest BCUT2D eigenvalue weighted by molar-refractivity contribution is 0.0531. The Bertz CT molecular complexity index is 531. The van der Waals surface area contributed by atoms with E-state index in [0.29, 0.717) is 13.2 Å². The van der Waals surface area contributed by atoms with Gasteiger partial charge in [0.1, 0.15) is 0 Å². The summed E-state index contributed by atoms with van der Waals surface area (Å²) in [6, 6.07) is 8.09. The largest absolute Gasteiger partial charge is 0.383 e. The lowest BCUT2D eigenvalue weighted by Crippen LogP contribution is -2.42. The van der Waals surface area contributed by atoms with Gasteiger partial charge in [-0.25, -0.2) is 0 Å². The second kappa shape index (κ2) is 9.87. The Kier molecular flexibility index (Phi) is 7.82. The van der Waals surface area contributed by atoms with Crippen LogP contribution in [0.5, 0.6) is 0 Å². The van der Waals surface area contributed by atoms with E-state index in [-0.39, 0.29) is 5.41 Å². The molecule has 0 aliphatic carbocycles. The van der Waals surface area contributed by atoms with E-state index in [9.17, 15) is 0 Å². The first kappa shape index (κ1) is 19.0. The summed E-state index contributed by atoms with van der Waals surface area (Å²) in [5, 5.41) is 7.39. The number of ether oxygens (including phenoxy) is 2. The number of nitrogens with one attached hydrogen (secondary N) is 2. The van der Waals surface area contributed by atoms with E-state index in [2.05, 4.69) is 23.6 Å². The van der Waals surface area contributed by atoms with Gasteiger partial charge < -0.3 is 20.1 Å². The first-order valence-corrected chi connectivity index (χ1v) is 8.93. The van der Waals surface area contributed by atoms with Crippen LogP contribution in [0, 0.1) is 0 Å².